The third-order valence-electron chi connectivity index (χ3n) is 9.09. The number of rotatable bonds is 8. The molecule has 8 nitrogen and oxygen atoms in total. The fraction of sp³-hybridized carbons (Fsp3) is 0.361. The normalized spacial score (nSPS) is 21.4. The van der Waals surface area contributed by atoms with E-state index < -0.39 is 5.97 Å². The fourth-order valence-electron chi connectivity index (χ4n) is 6.61. The number of carbonyl (C=O) groups is 2. The number of anilines is 1. The van der Waals surface area contributed by atoms with Crippen LogP contribution < -0.4 is 9.64 Å². The second-order valence-electron chi connectivity index (χ2n) is 12.2. The lowest BCUT2D eigenvalue weighted by Crippen LogP contribution is -2.38. The minimum atomic E-state index is -0.911. The third kappa shape index (κ3) is 5.56. The van der Waals surface area contributed by atoms with Gasteiger partial charge in [-0.25, -0.2) is 14.6 Å². The molecule has 3 atom stereocenters. The van der Waals surface area contributed by atoms with Crippen LogP contribution in [0, 0.1) is 13.8 Å². The number of allylic oxidation sites excluding steroid dienone is 2. The number of nitrogens with zero attached hydrogens (tertiary/aromatic N) is 3. The molecule has 1 unspecified atom stereocenters. The monoisotopic (exact) mass is 593 g/mol. The van der Waals surface area contributed by atoms with Gasteiger partial charge in [-0.2, -0.15) is 0 Å². The molecule has 2 aliphatic heterocycles. The number of benzene rings is 2. The van der Waals surface area contributed by atoms with E-state index in [1.165, 1.54) is 0 Å². The summed E-state index contributed by atoms with van der Waals surface area (Å²) >= 11 is 0. The number of carbonyl (C=O) groups excluding carboxylic acids is 1. The predicted octanol–water partition coefficient (Wildman–Crippen LogP) is 7.11. The number of methoxy groups -OCH3 is 1. The van der Waals surface area contributed by atoms with E-state index in [4.69, 9.17) is 14.5 Å². The Kier molecular flexibility index (Phi) is 7.93. The standard InChI is InChI=1S/C36H39N3O5/c1-21-15-22(2)17-27(16-21)34-24(4)39(36(42)44-34)20-31-29(10-12-33(37-31)38-13-6-14-38)30-19-25(8-11-32(30)43-5)28-9-7-26(35(40)41)18-23(28)3/h7-8,10-12,15-19,24,28,34H,6,9,13-14,20H2,1-5H3,(H,40,41)/t24-,28?,34-/m0/s1. The van der Waals surface area contributed by atoms with Crippen molar-refractivity contribution in [2.45, 2.75) is 65.1 Å². The van der Waals surface area contributed by atoms with Gasteiger partial charge in [0.2, 0.25) is 0 Å². The predicted molar refractivity (Wildman–Crippen MR) is 170 cm³/mol. The van der Waals surface area contributed by atoms with Crippen molar-refractivity contribution in [2.75, 3.05) is 25.1 Å². The van der Waals surface area contributed by atoms with Gasteiger partial charge in [-0.1, -0.05) is 47.0 Å². The van der Waals surface area contributed by atoms with Crippen molar-refractivity contribution in [3.63, 3.8) is 0 Å². The summed E-state index contributed by atoms with van der Waals surface area (Å²) in [6.07, 6.45) is 4.55. The van der Waals surface area contributed by atoms with Crippen LogP contribution in [0.3, 0.4) is 0 Å². The van der Waals surface area contributed by atoms with Crippen LogP contribution in [0.2, 0.25) is 0 Å². The molecule has 3 aliphatic rings. The van der Waals surface area contributed by atoms with Crippen molar-refractivity contribution in [1.29, 1.82) is 0 Å². The molecule has 1 aromatic heterocycles. The van der Waals surface area contributed by atoms with Gasteiger partial charge < -0.3 is 19.5 Å². The molecule has 1 amide bonds. The van der Waals surface area contributed by atoms with Crippen LogP contribution in [-0.4, -0.2) is 53.3 Å². The summed E-state index contributed by atoms with van der Waals surface area (Å²) in [6, 6.07) is 16.4. The Morgan fingerprint density at radius 2 is 1.77 bits per heavy atom. The van der Waals surface area contributed by atoms with Crippen LogP contribution >= 0.6 is 0 Å². The molecule has 2 aromatic carbocycles. The number of aryl methyl sites for hydroxylation is 2. The minimum absolute atomic E-state index is 0.0478. The van der Waals surface area contributed by atoms with Gasteiger partial charge in [-0.05, 0) is 82.0 Å². The van der Waals surface area contributed by atoms with E-state index >= 15 is 0 Å². The molecule has 0 bridgehead atoms. The first-order valence-corrected chi connectivity index (χ1v) is 15.2. The summed E-state index contributed by atoms with van der Waals surface area (Å²) < 4.78 is 11.8. The molecule has 8 heteroatoms. The zero-order chi connectivity index (χ0) is 31.1. The molecule has 1 aliphatic carbocycles. The van der Waals surface area contributed by atoms with E-state index in [-0.39, 0.29) is 24.2 Å². The Hall–Kier alpha value is -4.59. The number of aliphatic carboxylic acids is 1. The van der Waals surface area contributed by atoms with Crippen LogP contribution in [0.15, 0.2) is 71.8 Å². The number of carboxylic acid groups (broad SMARTS) is 1. The average Bonchev–Trinajstić information content (AvgIpc) is 3.24. The molecule has 3 heterocycles. The lowest BCUT2D eigenvalue weighted by Gasteiger charge is -2.33. The third-order valence-corrected chi connectivity index (χ3v) is 9.09. The molecular weight excluding hydrogens is 554 g/mol. The van der Waals surface area contributed by atoms with Gasteiger partial charge in [0, 0.05) is 30.1 Å². The number of hydrogen-bond acceptors (Lipinski definition) is 6. The summed E-state index contributed by atoms with van der Waals surface area (Å²) in [5.74, 6) is 0.740. The molecule has 6 rings (SSSR count). The molecule has 228 valence electrons. The van der Waals surface area contributed by atoms with Crippen LogP contribution in [0.5, 0.6) is 5.75 Å². The zero-order valence-electron chi connectivity index (χ0n) is 26.0. The highest BCUT2D eigenvalue weighted by Crippen LogP contribution is 2.41. The van der Waals surface area contributed by atoms with Gasteiger partial charge in [0.05, 0.1) is 31.0 Å². The van der Waals surface area contributed by atoms with Crippen LogP contribution in [-0.2, 0) is 16.1 Å². The highest BCUT2D eigenvalue weighted by Gasteiger charge is 2.40. The Morgan fingerprint density at radius 3 is 2.41 bits per heavy atom. The summed E-state index contributed by atoms with van der Waals surface area (Å²) in [5, 5.41) is 9.47. The lowest BCUT2D eigenvalue weighted by atomic mass is 9.83. The maximum absolute atomic E-state index is 13.4. The summed E-state index contributed by atoms with van der Waals surface area (Å²) in [5.41, 5.74) is 8.21. The SMILES string of the molecule is COc1ccc(C2CC=C(C(=O)O)C=C2C)cc1-c1ccc(N2CCC2)nc1CN1C(=O)O[C@H](c2cc(C)cc(C)c2)[C@@H]1C. The smallest absolute Gasteiger partial charge is 0.411 e. The lowest BCUT2D eigenvalue weighted by molar-refractivity contribution is -0.132. The van der Waals surface area contributed by atoms with Crippen molar-refractivity contribution in [2.24, 2.45) is 0 Å². The van der Waals surface area contributed by atoms with E-state index in [2.05, 4.69) is 49.1 Å². The largest absolute Gasteiger partial charge is 0.496 e. The second kappa shape index (κ2) is 11.8. The number of cyclic esters (lactones) is 1. The van der Waals surface area contributed by atoms with Gasteiger partial charge in [-0.15, -0.1) is 0 Å². The highest BCUT2D eigenvalue weighted by atomic mass is 16.6. The topological polar surface area (TPSA) is 92.2 Å². The van der Waals surface area contributed by atoms with Crippen LogP contribution in [0.1, 0.15) is 66.7 Å². The summed E-state index contributed by atoms with van der Waals surface area (Å²) in [7, 11) is 1.65. The minimum Gasteiger partial charge on any atom is -0.496 e. The number of pyridine rings is 1. The maximum atomic E-state index is 13.4. The van der Waals surface area contributed by atoms with Crippen LogP contribution in [0.25, 0.3) is 11.1 Å². The Labute approximate surface area is 258 Å². The highest BCUT2D eigenvalue weighted by molar-refractivity contribution is 5.90. The average molecular weight is 594 g/mol. The molecule has 0 spiro atoms. The van der Waals surface area contributed by atoms with Crippen molar-refractivity contribution in [1.82, 2.24) is 9.88 Å². The van der Waals surface area contributed by atoms with E-state index in [1.54, 1.807) is 24.2 Å². The fourth-order valence-corrected chi connectivity index (χ4v) is 6.61. The van der Waals surface area contributed by atoms with Crippen LogP contribution in [0.4, 0.5) is 10.6 Å². The van der Waals surface area contributed by atoms with Crippen molar-refractivity contribution >= 4 is 17.9 Å². The van der Waals surface area contributed by atoms with E-state index in [0.29, 0.717) is 24.3 Å². The molecule has 1 N–H and O–H groups in total. The summed E-state index contributed by atoms with van der Waals surface area (Å²) in [6.45, 7) is 10.3. The zero-order valence-corrected chi connectivity index (χ0v) is 26.0. The molecular formula is C36H39N3O5. The first-order chi connectivity index (χ1) is 21.1. The first-order valence-electron chi connectivity index (χ1n) is 15.2. The Bertz CT molecular complexity index is 1670. The second-order valence-corrected chi connectivity index (χ2v) is 12.2. The number of aromatic nitrogens is 1. The Morgan fingerprint density at radius 1 is 1.02 bits per heavy atom. The summed E-state index contributed by atoms with van der Waals surface area (Å²) in [4.78, 5) is 34.0. The molecule has 3 aromatic rings. The van der Waals surface area contributed by atoms with E-state index in [1.807, 2.05) is 32.0 Å². The Balaban J connectivity index is 1.38. The van der Waals surface area contributed by atoms with Gasteiger partial charge >= 0.3 is 12.1 Å². The number of amides is 1. The van der Waals surface area contributed by atoms with Gasteiger partial charge in [-0.3, -0.25) is 4.90 Å². The number of carboxylic acids is 1. The molecule has 0 radical (unpaired) electrons. The molecule has 2 saturated heterocycles. The van der Waals surface area contributed by atoms with Gasteiger partial charge in [0.15, 0.2) is 0 Å². The molecule has 44 heavy (non-hydrogen) atoms. The van der Waals surface area contributed by atoms with Crippen molar-refractivity contribution < 1.29 is 24.2 Å². The molecule has 0 saturated carbocycles. The maximum Gasteiger partial charge on any atom is 0.411 e. The van der Waals surface area contributed by atoms with Crippen molar-refractivity contribution in [3.05, 3.63) is 99.8 Å². The quantitative estimate of drug-likeness (QED) is 0.298. The number of ether oxygens (including phenoxy) is 2. The van der Waals surface area contributed by atoms with Crippen molar-refractivity contribution in [3.8, 4) is 16.9 Å². The molecule has 2 fully saturated rings. The van der Waals surface area contributed by atoms with E-state index in [9.17, 15) is 14.7 Å². The van der Waals surface area contributed by atoms with Gasteiger partial charge in [0.1, 0.15) is 17.7 Å². The van der Waals surface area contributed by atoms with Gasteiger partial charge in [0.25, 0.3) is 0 Å². The van der Waals surface area contributed by atoms with E-state index in [0.717, 1.165) is 70.0 Å². The number of hydrogen-bond donors (Lipinski definition) is 1. The first kappa shape index (κ1) is 29.5.